The molecule has 0 amide bonds. The molecule has 1 saturated carbocycles. The first-order valence-electron chi connectivity index (χ1n) is 6.45. The zero-order chi connectivity index (χ0) is 12.1. The van der Waals surface area contributed by atoms with Crippen LogP contribution in [0.5, 0.6) is 0 Å². The van der Waals surface area contributed by atoms with Crippen molar-refractivity contribution in [1.82, 2.24) is 4.90 Å². The van der Waals surface area contributed by atoms with Crippen molar-refractivity contribution in [3.8, 4) is 0 Å². The second-order valence-corrected chi connectivity index (χ2v) is 5.29. The Kier molecular flexibility index (Phi) is 4.69. The Morgan fingerprint density at radius 1 is 1.35 bits per heavy atom. The number of benzene rings is 1. The molecule has 1 fully saturated rings. The minimum atomic E-state index is 0.791. The molecule has 3 heteroatoms. The van der Waals surface area contributed by atoms with Crippen LogP contribution < -0.4 is 5.32 Å². The van der Waals surface area contributed by atoms with Crippen LogP contribution >= 0.6 is 11.6 Å². The fourth-order valence-corrected chi connectivity index (χ4v) is 2.69. The van der Waals surface area contributed by atoms with E-state index >= 15 is 0 Å². The maximum Gasteiger partial charge on any atom is 0.0426 e. The Morgan fingerprint density at radius 3 is 2.82 bits per heavy atom. The molecule has 2 rings (SSSR count). The lowest BCUT2D eigenvalue weighted by molar-refractivity contribution is 0.254. The molecule has 0 aromatic heterocycles. The smallest absolute Gasteiger partial charge is 0.0426 e. The quantitative estimate of drug-likeness (QED) is 0.861. The first-order chi connectivity index (χ1) is 8.25. The summed E-state index contributed by atoms with van der Waals surface area (Å²) < 4.78 is 0. The van der Waals surface area contributed by atoms with Gasteiger partial charge in [0.05, 0.1) is 0 Å². The monoisotopic (exact) mass is 252 g/mol. The Hall–Kier alpha value is -0.730. The number of nitrogens with one attached hydrogen (secondary N) is 1. The van der Waals surface area contributed by atoms with E-state index in [2.05, 4.69) is 23.3 Å². The third kappa shape index (κ3) is 3.90. The van der Waals surface area contributed by atoms with Gasteiger partial charge in [-0.2, -0.15) is 0 Å². The molecule has 94 valence electrons. The molecule has 1 aromatic carbocycles. The lowest BCUT2D eigenvalue weighted by Gasteiger charge is -2.24. The average Bonchev–Trinajstić information content (AvgIpc) is 2.82. The molecule has 0 unspecified atom stereocenters. The Morgan fingerprint density at radius 2 is 2.12 bits per heavy atom. The molecule has 1 aromatic rings. The highest BCUT2D eigenvalue weighted by Crippen LogP contribution is 2.22. The van der Waals surface area contributed by atoms with Crippen molar-refractivity contribution in [3.63, 3.8) is 0 Å². The van der Waals surface area contributed by atoms with Gasteiger partial charge in [0.25, 0.3) is 0 Å². The van der Waals surface area contributed by atoms with E-state index in [0.29, 0.717) is 0 Å². The molecule has 0 bridgehead atoms. The third-order valence-electron chi connectivity index (χ3n) is 3.57. The van der Waals surface area contributed by atoms with Crippen molar-refractivity contribution in [2.75, 3.05) is 25.5 Å². The number of hydrogen-bond donors (Lipinski definition) is 1. The van der Waals surface area contributed by atoms with Crippen LogP contribution in [0.25, 0.3) is 0 Å². The zero-order valence-electron chi connectivity index (χ0n) is 10.5. The molecule has 0 atom stereocenters. The van der Waals surface area contributed by atoms with E-state index in [1.807, 2.05) is 18.2 Å². The average molecular weight is 253 g/mol. The normalized spacial score (nSPS) is 16.6. The molecule has 1 N–H and O–H groups in total. The topological polar surface area (TPSA) is 15.3 Å². The summed E-state index contributed by atoms with van der Waals surface area (Å²) in [6, 6.07) is 8.71. The molecule has 0 aliphatic heterocycles. The predicted octanol–water partition coefficient (Wildman–Crippen LogP) is 3.63. The van der Waals surface area contributed by atoms with Gasteiger partial charge >= 0.3 is 0 Å². The summed E-state index contributed by atoms with van der Waals surface area (Å²) in [6.45, 7) is 2.07. The molecule has 17 heavy (non-hydrogen) atoms. The number of rotatable bonds is 5. The van der Waals surface area contributed by atoms with Gasteiger partial charge < -0.3 is 10.2 Å². The van der Waals surface area contributed by atoms with Gasteiger partial charge in [0.1, 0.15) is 0 Å². The van der Waals surface area contributed by atoms with Crippen LogP contribution in [0.4, 0.5) is 5.69 Å². The van der Waals surface area contributed by atoms with Crippen molar-refractivity contribution >= 4 is 17.3 Å². The largest absolute Gasteiger partial charge is 0.384 e. The summed E-state index contributed by atoms with van der Waals surface area (Å²) in [5.41, 5.74) is 1.11. The highest BCUT2D eigenvalue weighted by atomic mass is 35.5. The first kappa shape index (κ1) is 12.7. The summed E-state index contributed by atoms with van der Waals surface area (Å²) in [5, 5.41) is 4.20. The van der Waals surface area contributed by atoms with Crippen LogP contribution in [0, 0.1) is 0 Å². The standard InChI is InChI=1S/C14H21ClN2/c1-17(14-7-2-3-8-14)10-9-16-13-6-4-5-12(15)11-13/h4-6,11,14,16H,2-3,7-10H2,1H3. The summed E-state index contributed by atoms with van der Waals surface area (Å²) in [6.07, 6.45) is 5.54. The molecule has 1 aliphatic rings. The van der Waals surface area contributed by atoms with Gasteiger partial charge in [-0.3, -0.25) is 0 Å². The van der Waals surface area contributed by atoms with Gasteiger partial charge in [0.15, 0.2) is 0 Å². The molecular formula is C14H21ClN2. The molecule has 0 spiro atoms. The maximum atomic E-state index is 5.94. The predicted molar refractivity (Wildman–Crippen MR) is 74.8 cm³/mol. The lowest BCUT2D eigenvalue weighted by atomic mass is 10.2. The maximum absolute atomic E-state index is 5.94. The van der Waals surface area contributed by atoms with E-state index in [-0.39, 0.29) is 0 Å². The second kappa shape index (κ2) is 6.27. The van der Waals surface area contributed by atoms with Crippen molar-refractivity contribution in [2.45, 2.75) is 31.7 Å². The van der Waals surface area contributed by atoms with Gasteiger partial charge in [-0.1, -0.05) is 30.5 Å². The SMILES string of the molecule is CN(CCNc1cccc(Cl)c1)C1CCCC1. The molecule has 2 nitrogen and oxygen atoms in total. The van der Waals surface area contributed by atoms with Crippen LogP contribution in [0.3, 0.4) is 0 Å². The number of nitrogens with zero attached hydrogens (tertiary/aromatic N) is 1. The fraction of sp³-hybridized carbons (Fsp3) is 0.571. The minimum absolute atomic E-state index is 0.791. The first-order valence-corrected chi connectivity index (χ1v) is 6.83. The second-order valence-electron chi connectivity index (χ2n) is 4.86. The van der Waals surface area contributed by atoms with E-state index in [9.17, 15) is 0 Å². The molecule has 0 radical (unpaired) electrons. The van der Waals surface area contributed by atoms with Crippen LogP contribution in [0.2, 0.25) is 5.02 Å². The van der Waals surface area contributed by atoms with Crippen molar-refractivity contribution < 1.29 is 0 Å². The van der Waals surface area contributed by atoms with E-state index in [1.165, 1.54) is 25.7 Å². The molecule has 1 aliphatic carbocycles. The Balaban J connectivity index is 1.71. The highest BCUT2D eigenvalue weighted by molar-refractivity contribution is 6.30. The molecule has 0 saturated heterocycles. The van der Waals surface area contributed by atoms with Gasteiger partial charge in [-0.15, -0.1) is 0 Å². The van der Waals surface area contributed by atoms with Crippen LogP contribution in [-0.4, -0.2) is 31.1 Å². The van der Waals surface area contributed by atoms with Crippen molar-refractivity contribution in [3.05, 3.63) is 29.3 Å². The number of anilines is 1. The highest BCUT2D eigenvalue weighted by Gasteiger charge is 2.18. The summed E-state index contributed by atoms with van der Waals surface area (Å²) in [4.78, 5) is 2.48. The fourth-order valence-electron chi connectivity index (χ4n) is 2.50. The molecule has 0 heterocycles. The van der Waals surface area contributed by atoms with Gasteiger partial charge in [0.2, 0.25) is 0 Å². The van der Waals surface area contributed by atoms with Crippen LogP contribution in [-0.2, 0) is 0 Å². The van der Waals surface area contributed by atoms with Gasteiger partial charge in [-0.25, -0.2) is 0 Å². The van der Waals surface area contributed by atoms with Crippen molar-refractivity contribution in [2.24, 2.45) is 0 Å². The van der Waals surface area contributed by atoms with E-state index < -0.39 is 0 Å². The van der Waals surface area contributed by atoms with Crippen LogP contribution in [0.15, 0.2) is 24.3 Å². The van der Waals surface area contributed by atoms with Crippen LogP contribution in [0.1, 0.15) is 25.7 Å². The third-order valence-corrected chi connectivity index (χ3v) is 3.80. The van der Waals surface area contributed by atoms with Gasteiger partial charge in [-0.05, 0) is 38.1 Å². The van der Waals surface area contributed by atoms with E-state index in [1.54, 1.807) is 0 Å². The zero-order valence-corrected chi connectivity index (χ0v) is 11.2. The summed E-state index contributed by atoms with van der Waals surface area (Å²) in [5.74, 6) is 0. The number of halogens is 1. The Labute approximate surface area is 109 Å². The van der Waals surface area contributed by atoms with E-state index in [4.69, 9.17) is 11.6 Å². The Bertz CT molecular complexity index is 348. The minimum Gasteiger partial charge on any atom is -0.384 e. The van der Waals surface area contributed by atoms with E-state index in [0.717, 1.165) is 29.8 Å². The number of hydrogen-bond acceptors (Lipinski definition) is 2. The summed E-state index contributed by atoms with van der Waals surface area (Å²) >= 11 is 5.94. The number of likely N-dealkylation sites (N-methyl/N-ethyl adjacent to an activating group) is 1. The van der Waals surface area contributed by atoms with Crippen molar-refractivity contribution in [1.29, 1.82) is 0 Å². The lowest BCUT2D eigenvalue weighted by Crippen LogP contribution is -2.33. The van der Waals surface area contributed by atoms with Gasteiger partial charge in [0, 0.05) is 29.8 Å². The summed E-state index contributed by atoms with van der Waals surface area (Å²) in [7, 11) is 2.23. The molecular weight excluding hydrogens is 232 g/mol.